The first kappa shape index (κ1) is 16.3. The molecule has 1 aliphatic carbocycles. The molecule has 1 spiro atoms. The maximum atomic E-state index is 6.30. The molecule has 1 aliphatic heterocycles. The van der Waals surface area contributed by atoms with E-state index in [0.717, 1.165) is 38.5 Å². The van der Waals surface area contributed by atoms with Crippen molar-refractivity contribution in [2.24, 2.45) is 11.3 Å². The van der Waals surface area contributed by atoms with Crippen LogP contribution in [0.1, 0.15) is 59.8 Å². The number of nitrogens with zero attached hydrogens (tertiary/aromatic N) is 1. The lowest BCUT2D eigenvalue weighted by molar-refractivity contribution is -0.197. The van der Waals surface area contributed by atoms with Gasteiger partial charge in [0.05, 0.1) is 12.7 Å². The normalized spacial score (nSPS) is 35.1. The van der Waals surface area contributed by atoms with Crippen molar-refractivity contribution < 1.29 is 9.47 Å². The molecule has 0 radical (unpaired) electrons. The summed E-state index contributed by atoms with van der Waals surface area (Å²) in [6, 6.07) is 0. The monoisotopic (exact) mass is 283 g/mol. The second-order valence-electron chi connectivity index (χ2n) is 7.86. The average molecular weight is 283 g/mol. The number of likely N-dealkylation sites (N-methyl/N-ethyl adjacent to an activating group) is 1. The Hall–Kier alpha value is -0.120. The largest absolute Gasteiger partial charge is 0.347 e. The van der Waals surface area contributed by atoms with Crippen LogP contribution in [0.3, 0.4) is 0 Å². The van der Waals surface area contributed by atoms with E-state index >= 15 is 0 Å². The van der Waals surface area contributed by atoms with Gasteiger partial charge in [0.2, 0.25) is 0 Å². The molecule has 3 nitrogen and oxygen atoms in total. The van der Waals surface area contributed by atoms with Gasteiger partial charge in [0, 0.05) is 19.4 Å². The maximum absolute atomic E-state index is 6.30. The Morgan fingerprint density at radius 1 is 1.20 bits per heavy atom. The molecule has 1 saturated heterocycles. The van der Waals surface area contributed by atoms with Crippen LogP contribution in [-0.2, 0) is 9.47 Å². The van der Waals surface area contributed by atoms with Gasteiger partial charge in [0.1, 0.15) is 0 Å². The number of rotatable bonds is 4. The minimum atomic E-state index is -0.251. The van der Waals surface area contributed by atoms with Crippen LogP contribution in [-0.4, -0.2) is 43.5 Å². The highest BCUT2D eigenvalue weighted by Crippen LogP contribution is 2.45. The summed E-state index contributed by atoms with van der Waals surface area (Å²) in [5, 5.41) is 0. The van der Waals surface area contributed by atoms with Gasteiger partial charge in [-0.2, -0.15) is 0 Å². The molecular formula is C17H33NO2. The van der Waals surface area contributed by atoms with Crippen molar-refractivity contribution >= 4 is 0 Å². The van der Waals surface area contributed by atoms with Crippen molar-refractivity contribution in [3.8, 4) is 0 Å². The summed E-state index contributed by atoms with van der Waals surface area (Å²) in [6.07, 6.45) is 6.08. The minimum Gasteiger partial charge on any atom is -0.347 e. The molecule has 2 rings (SSSR count). The lowest BCUT2D eigenvalue weighted by Crippen LogP contribution is -2.40. The predicted octanol–water partition coefficient (Wildman–Crippen LogP) is 3.68. The summed E-state index contributed by atoms with van der Waals surface area (Å²) < 4.78 is 12.4. The number of hydrogen-bond acceptors (Lipinski definition) is 3. The van der Waals surface area contributed by atoms with Crippen molar-refractivity contribution in [3.05, 3.63) is 0 Å². The van der Waals surface area contributed by atoms with E-state index in [4.69, 9.17) is 9.47 Å². The molecule has 0 aromatic carbocycles. The van der Waals surface area contributed by atoms with Crippen molar-refractivity contribution in [2.75, 3.05) is 26.7 Å². The van der Waals surface area contributed by atoms with E-state index in [0.29, 0.717) is 5.41 Å². The molecule has 2 aliphatic rings. The second kappa shape index (κ2) is 6.33. The number of ether oxygens (including phenoxy) is 2. The van der Waals surface area contributed by atoms with Gasteiger partial charge in [-0.3, -0.25) is 0 Å². The molecule has 1 unspecified atom stereocenters. The lowest BCUT2D eigenvalue weighted by atomic mass is 9.71. The Bertz CT molecular complexity index is 303. The van der Waals surface area contributed by atoms with Gasteiger partial charge in [-0.25, -0.2) is 0 Å². The van der Waals surface area contributed by atoms with E-state index in [1.807, 2.05) is 0 Å². The molecule has 0 aromatic rings. The highest BCUT2D eigenvalue weighted by Gasteiger charge is 2.45. The van der Waals surface area contributed by atoms with E-state index in [-0.39, 0.29) is 11.9 Å². The molecule has 0 bridgehead atoms. The summed E-state index contributed by atoms with van der Waals surface area (Å²) in [5.74, 6) is 0.557. The SMILES string of the molecule is CCCN(C)CC1COC2(CCC(C(C)(C)C)CC2)O1. The van der Waals surface area contributed by atoms with Crippen molar-refractivity contribution in [1.29, 1.82) is 0 Å². The first-order valence-electron chi connectivity index (χ1n) is 8.35. The zero-order valence-corrected chi connectivity index (χ0v) is 14.1. The van der Waals surface area contributed by atoms with Gasteiger partial charge in [-0.05, 0) is 44.2 Å². The third kappa shape index (κ3) is 3.96. The zero-order valence-electron chi connectivity index (χ0n) is 14.1. The summed E-state index contributed by atoms with van der Waals surface area (Å²) in [4.78, 5) is 2.35. The minimum absolute atomic E-state index is 0.251. The fourth-order valence-corrected chi connectivity index (χ4v) is 3.71. The van der Waals surface area contributed by atoms with Crippen molar-refractivity contribution in [3.63, 3.8) is 0 Å². The van der Waals surface area contributed by atoms with Gasteiger partial charge in [-0.1, -0.05) is 27.7 Å². The van der Waals surface area contributed by atoms with Gasteiger partial charge in [0.15, 0.2) is 5.79 Å². The van der Waals surface area contributed by atoms with Crippen LogP contribution >= 0.6 is 0 Å². The van der Waals surface area contributed by atoms with E-state index in [1.165, 1.54) is 19.3 Å². The quantitative estimate of drug-likeness (QED) is 0.785. The van der Waals surface area contributed by atoms with Gasteiger partial charge in [0.25, 0.3) is 0 Å². The molecule has 0 N–H and O–H groups in total. The fraction of sp³-hybridized carbons (Fsp3) is 1.00. The van der Waals surface area contributed by atoms with Crippen molar-refractivity contribution in [2.45, 2.75) is 71.7 Å². The van der Waals surface area contributed by atoms with Crippen LogP contribution in [0.5, 0.6) is 0 Å². The topological polar surface area (TPSA) is 21.7 Å². The summed E-state index contributed by atoms with van der Waals surface area (Å²) in [5.41, 5.74) is 0.418. The van der Waals surface area contributed by atoms with Crippen LogP contribution in [0, 0.1) is 11.3 Å². The van der Waals surface area contributed by atoms with Crippen LogP contribution in [0.4, 0.5) is 0 Å². The summed E-state index contributed by atoms with van der Waals surface area (Å²) in [6.45, 7) is 12.2. The first-order valence-corrected chi connectivity index (χ1v) is 8.35. The lowest BCUT2D eigenvalue weighted by Gasteiger charge is -2.41. The highest BCUT2D eigenvalue weighted by atomic mass is 16.7. The molecule has 1 atom stereocenters. The van der Waals surface area contributed by atoms with Crippen LogP contribution in [0.25, 0.3) is 0 Å². The molecule has 118 valence electrons. The molecule has 0 aromatic heterocycles. The van der Waals surface area contributed by atoms with E-state index < -0.39 is 0 Å². The molecule has 1 saturated carbocycles. The van der Waals surface area contributed by atoms with E-state index in [2.05, 4.69) is 39.6 Å². The van der Waals surface area contributed by atoms with E-state index in [1.54, 1.807) is 0 Å². The second-order valence-corrected chi connectivity index (χ2v) is 7.86. The first-order chi connectivity index (χ1) is 9.35. The van der Waals surface area contributed by atoms with Gasteiger partial charge >= 0.3 is 0 Å². The van der Waals surface area contributed by atoms with E-state index in [9.17, 15) is 0 Å². The molecule has 3 heteroatoms. The van der Waals surface area contributed by atoms with Crippen LogP contribution in [0.2, 0.25) is 0 Å². The Kier molecular flexibility index (Phi) is 5.14. The van der Waals surface area contributed by atoms with Gasteiger partial charge < -0.3 is 14.4 Å². The summed E-state index contributed by atoms with van der Waals surface area (Å²) >= 11 is 0. The molecular weight excluding hydrogens is 250 g/mol. The predicted molar refractivity (Wildman–Crippen MR) is 82.8 cm³/mol. The van der Waals surface area contributed by atoms with Crippen LogP contribution < -0.4 is 0 Å². The summed E-state index contributed by atoms with van der Waals surface area (Å²) in [7, 11) is 2.17. The van der Waals surface area contributed by atoms with Crippen LogP contribution in [0.15, 0.2) is 0 Å². The molecule has 2 fully saturated rings. The highest BCUT2D eigenvalue weighted by molar-refractivity contribution is 4.89. The fourth-order valence-electron chi connectivity index (χ4n) is 3.71. The third-order valence-electron chi connectivity index (χ3n) is 5.01. The third-order valence-corrected chi connectivity index (χ3v) is 5.01. The zero-order chi connectivity index (χ0) is 14.8. The Morgan fingerprint density at radius 3 is 2.40 bits per heavy atom. The molecule has 1 heterocycles. The maximum Gasteiger partial charge on any atom is 0.168 e. The standard InChI is InChI=1S/C17H33NO2/c1-6-11-18(5)12-15-13-19-17(20-15)9-7-14(8-10-17)16(2,3)4/h14-15H,6-13H2,1-5H3. The Labute approximate surface area is 125 Å². The average Bonchev–Trinajstić information content (AvgIpc) is 2.72. The van der Waals surface area contributed by atoms with Gasteiger partial charge in [-0.15, -0.1) is 0 Å². The Morgan fingerprint density at radius 2 is 1.85 bits per heavy atom. The van der Waals surface area contributed by atoms with Crippen molar-refractivity contribution in [1.82, 2.24) is 4.90 Å². The number of hydrogen-bond donors (Lipinski definition) is 0. The molecule has 0 amide bonds. The molecule has 20 heavy (non-hydrogen) atoms. The Balaban J connectivity index is 1.81. The smallest absolute Gasteiger partial charge is 0.168 e.